The molecule has 4 nitrogen and oxygen atoms in total. The number of nitrogens with one attached hydrogen (secondary N) is 1. The zero-order valence-corrected chi connectivity index (χ0v) is 9.07. The number of carboxylic acids is 1. The Bertz CT molecular complexity index is 250. The molecule has 0 aliphatic carbocycles. The van der Waals surface area contributed by atoms with E-state index in [0.29, 0.717) is 5.13 Å². The number of hydrogen-bond donors (Lipinski definition) is 1. The van der Waals surface area contributed by atoms with E-state index >= 15 is 0 Å². The van der Waals surface area contributed by atoms with Gasteiger partial charge in [0, 0.05) is 12.4 Å². The predicted octanol–water partition coefficient (Wildman–Crippen LogP) is -3.45. The first-order chi connectivity index (χ1) is 4.74. The van der Waals surface area contributed by atoms with Crippen LogP contribution in [0.1, 0.15) is 10.5 Å². The van der Waals surface area contributed by atoms with Crippen molar-refractivity contribution in [2.24, 2.45) is 0 Å². The molecule has 1 rings (SSSR count). The Morgan fingerprint density at radius 2 is 2.45 bits per heavy atom. The van der Waals surface area contributed by atoms with Crippen LogP contribution < -0.4 is 40.0 Å². The maximum absolute atomic E-state index is 10.1. The van der Waals surface area contributed by atoms with Crippen LogP contribution in [0.25, 0.3) is 0 Å². The molecular weight excluding hydrogens is 175 g/mol. The van der Waals surface area contributed by atoms with Crippen LogP contribution in [0.4, 0.5) is 5.13 Å². The molecule has 0 bridgehead atoms. The molecule has 1 heterocycles. The predicted molar refractivity (Wildman–Crippen MR) is 36.0 cm³/mol. The van der Waals surface area contributed by atoms with Crippen LogP contribution in [-0.2, 0) is 0 Å². The molecule has 0 radical (unpaired) electrons. The summed E-state index contributed by atoms with van der Waals surface area (Å²) < 4.78 is 0. The van der Waals surface area contributed by atoms with E-state index in [1.807, 2.05) is 0 Å². The maximum atomic E-state index is 10.1. The Labute approximate surface area is 89.9 Å². The summed E-state index contributed by atoms with van der Waals surface area (Å²) in [5, 5.41) is 14.9. The molecular formula is C5H5N2NaO2S. The summed E-state index contributed by atoms with van der Waals surface area (Å²) >= 11 is 1.23. The smallest absolute Gasteiger partial charge is 0.543 e. The molecule has 0 saturated heterocycles. The average Bonchev–Trinajstić information content (AvgIpc) is 2.34. The quantitative estimate of drug-likeness (QED) is 0.481. The standard InChI is InChI=1S/C5H6N2O2S.Na/c1-6-5-7-3(2-10-5)4(8)9;/h2H,1H3,(H,6,7)(H,8,9);/q;+1/p-1. The third-order valence-electron chi connectivity index (χ3n) is 0.927. The Balaban J connectivity index is 0.000001000. The van der Waals surface area contributed by atoms with Crippen LogP contribution in [0.15, 0.2) is 5.38 Å². The molecule has 0 fully saturated rings. The van der Waals surface area contributed by atoms with Gasteiger partial charge in [-0.2, -0.15) is 0 Å². The molecule has 0 aromatic carbocycles. The SMILES string of the molecule is CNc1nc(C(=O)[O-])cs1.[Na+]. The van der Waals surface area contributed by atoms with E-state index in [-0.39, 0.29) is 35.3 Å². The number of aromatic carboxylic acids is 1. The Morgan fingerprint density at radius 1 is 1.82 bits per heavy atom. The van der Waals surface area contributed by atoms with Crippen molar-refractivity contribution in [3.8, 4) is 0 Å². The van der Waals surface area contributed by atoms with E-state index < -0.39 is 5.97 Å². The normalized spacial score (nSPS) is 8.45. The molecule has 0 atom stereocenters. The molecule has 0 saturated carbocycles. The summed E-state index contributed by atoms with van der Waals surface area (Å²) in [4.78, 5) is 13.8. The number of thiazole rings is 1. The third kappa shape index (κ3) is 2.78. The van der Waals surface area contributed by atoms with Crippen molar-refractivity contribution in [1.29, 1.82) is 0 Å². The van der Waals surface area contributed by atoms with Crippen molar-refractivity contribution in [2.45, 2.75) is 0 Å². The zero-order valence-electron chi connectivity index (χ0n) is 6.25. The van der Waals surface area contributed by atoms with E-state index in [4.69, 9.17) is 0 Å². The number of nitrogens with zero attached hydrogens (tertiary/aromatic N) is 1. The number of carbonyl (C=O) groups excluding carboxylic acids is 1. The molecule has 0 amide bonds. The first kappa shape index (κ1) is 10.9. The van der Waals surface area contributed by atoms with Gasteiger partial charge in [0.2, 0.25) is 0 Å². The molecule has 1 aromatic heterocycles. The first-order valence-corrected chi connectivity index (χ1v) is 3.46. The van der Waals surface area contributed by atoms with Gasteiger partial charge in [0.15, 0.2) is 5.13 Å². The molecule has 0 aliphatic heterocycles. The fourth-order valence-corrected chi connectivity index (χ4v) is 1.12. The minimum absolute atomic E-state index is 0. The van der Waals surface area contributed by atoms with Gasteiger partial charge in [0.05, 0.1) is 11.7 Å². The second-order valence-electron chi connectivity index (χ2n) is 1.58. The number of carboxylic acid groups (broad SMARTS) is 1. The summed E-state index contributed by atoms with van der Waals surface area (Å²) in [6.45, 7) is 0. The van der Waals surface area contributed by atoms with E-state index in [9.17, 15) is 9.90 Å². The van der Waals surface area contributed by atoms with Crippen molar-refractivity contribution in [1.82, 2.24) is 4.98 Å². The van der Waals surface area contributed by atoms with E-state index in [1.54, 1.807) is 7.05 Å². The Kier molecular flexibility index (Phi) is 4.67. The molecule has 54 valence electrons. The van der Waals surface area contributed by atoms with Gasteiger partial charge in [-0.3, -0.25) is 0 Å². The van der Waals surface area contributed by atoms with Crippen LogP contribution in [0.2, 0.25) is 0 Å². The second-order valence-corrected chi connectivity index (χ2v) is 2.43. The van der Waals surface area contributed by atoms with Crippen molar-refractivity contribution in [2.75, 3.05) is 12.4 Å². The van der Waals surface area contributed by atoms with Crippen LogP contribution in [0.5, 0.6) is 0 Å². The summed E-state index contributed by atoms with van der Waals surface area (Å²) in [6.07, 6.45) is 0. The van der Waals surface area contributed by atoms with Gasteiger partial charge < -0.3 is 15.2 Å². The van der Waals surface area contributed by atoms with Gasteiger partial charge in [0.1, 0.15) is 0 Å². The molecule has 0 spiro atoms. The largest absolute Gasteiger partial charge is 1.00 e. The number of hydrogen-bond acceptors (Lipinski definition) is 5. The number of aromatic nitrogens is 1. The van der Waals surface area contributed by atoms with Crippen molar-refractivity contribution in [3.05, 3.63) is 11.1 Å². The summed E-state index contributed by atoms with van der Waals surface area (Å²) in [6, 6.07) is 0. The Hall–Kier alpha value is -0.1000. The van der Waals surface area contributed by atoms with Gasteiger partial charge in [-0.25, -0.2) is 4.98 Å². The van der Waals surface area contributed by atoms with Gasteiger partial charge in [-0.1, -0.05) is 0 Å². The Morgan fingerprint density at radius 3 is 2.73 bits per heavy atom. The molecule has 0 aliphatic rings. The minimum atomic E-state index is -1.24. The number of carbonyl (C=O) groups is 1. The summed E-state index contributed by atoms with van der Waals surface area (Å²) in [5.74, 6) is -1.24. The van der Waals surface area contributed by atoms with Crippen LogP contribution in [-0.4, -0.2) is 18.0 Å². The first-order valence-electron chi connectivity index (χ1n) is 2.58. The van der Waals surface area contributed by atoms with E-state index in [1.165, 1.54) is 16.7 Å². The molecule has 1 N–H and O–H groups in total. The monoisotopic (exact) mass is 180 g/mol. The van der Waals surface area contributed by atoms with Gasteiger partial charge >= 0.3 is 29.6 Å². The molecule has 11 heavy (non-hydrogen) atoms. The molecule has 1 aromatic rings. The fourth-order valence-electron chi connectivity index (χ4n) is 0.482. The summed E-state index contributed by atoms with van der Waals surface area (Å²) in [7, 11) is 1.68. The van der Waals surface area contributed by atoms with Crippen LogP contribution in [0.3, 0.4) is 0 Å². The minimum Gasteiger partial charge on any atom is -0.543 e. The van der Waals surface area contributed by atoms with Gasteiger partial charge in [0.25, 0.3) is 0 Å². The van der Waals surface area contributed by atoms with Crippen molar-refractivity contribution >= 4 is 22.4 Å². The van der Waals surface area contributed by atoms with Gasteiger partial charge in [-0.05, 0) is 0 Å². The third-order valence-corrected chi connectivity index (χ3v) is 1.79. The average molecular weight is 180 g/mol. The topological polar surface area (TPSA) is 65.0 Å². The molecule has 6 heteroatoms. The van der Waals surface area contributed by atoms with Crippen molar-refractivity contribution in [3.63, 3.8) is 0 Å². The fraction of sp³-hybridized carbons (Fsp3) is 0.200. The van der Waals surface area contributed by atoms with Crippen LogP contribution in [0, 0.1) is 0 Å². The zero-order chi connectivity index (χ0) is 7.56. The van der Waals surface area contributed by atoms with Crippen molar-refractivity contribution < 1.29 is 39.5 Å². The summed E-state index contributed by atoms with van der Waals surface area (Å²) in [5.41, 5.74) is -0.0191. The van der Waals surface area contributed by atoms with Gasteiger partial charge in [-0.15, -0.1) is 11.3 Å². The van der Waals surface area contributed by atoms with E-state index in [0.717, 1.165) is 0 Å². The van der Waals surface area contributed by atoms with E-state index in [2.05, 4.69) is 10.3 Å². The molecule has 0 unspecified atom stereocenters. The number of anilines is 1. The second kappa shape index (κ2) is 4.71. The van der Waals surface area contributed by atoms with Crippen LogP contribution >= 0.6 is 11.3 Å². The number of rotatable bonds is 2. The maximum Gasteiger partial charge on any atom is 1.00 e.